The van der Waals surface area contributed by atoms with Crippen molar-refractivity contribution < 1.29 is 19.1 Å². The molecule has 0 radical (unpaired) electrons. The van der Waals surface area contributed by atoms with Crippen molar-refractivity contribution >= 4 is 27.8 Å². The second-order valence-corrected chi connectivity index (χ2v) is 5.39. The first-order chi connectivity index (χ1) is 8.21. The van der Waals surface area contributed by atoms with Crippen molar-refractivity contribution in [3.8, 4) is 0 Å². The summed E-state index contributed by atoms with van der Waals surface area (Å²) in [5, 5.41) is 11.3. The third-order valence-electron chi connectivity index (χ3n) is 2.22. The van der Waals surface area contributed by atoms with E-state index < -0.39 is 23.2 Å². The van der Waals surface area contributed by atoms with Crippen molar-refractivity contribution in [2.75, 3.05) is 0 Å². The quantitative estimate of drug-likeness (QED) is 0.897. The molecule has 1 aromatic rings. The minimum atomic E-state index is -1.00. The van der Waals surface area contributed by atoms with E-state index in [2.05, 4.69) is 21.2 Å². The fraction of sp³-hybridized carbons (Fsp3) is 0.333. The van der Waals surface area contributed by atoms with Crippen LogP contribution in [0, 0.1) is 5.82 Å². The highest BCUT2D eigenvalue weighted by Crippen LogP contribution is 2.19. The summed E-state index contributed by atoms with van der Waals surface area (Å²) < 4.78 is 13.2. The first kappa shape index (κ1) is 14.6. The third-order valence-corrected chi connectivity index (χ3v) is 2.88. The molecule has 0 aliphatic carbocycles. The summed E-state index contributed by atoms with van der Waals surface area (Å²) in [6, 6.07) is 3.69. The van der Waals surface area contributed by atoms with Gasteiger partial charge >= 0.3 is 5.97 Å². The SMILES string of the molecule is CC(C)(CC(=O)O)NC(=O)c1ccc(F)cc1Br. The molecule has 0 aromatic heterocycles. The van der Waals surface area contributed by atoms with E-state index >= 15 is 0 Å². The van der Waals surface area contributed by atoms with Gasteiger partial charge in [-0.2, -0.15) is 0 Å². The molecule has 2 N–H and O–H groups in total. The Morgan fingerprint density at radius 3 is 2.56 bits per heavy atom. The van der Waals surface area contributed by atoms with E-state index in [0.717, 1.165) is 0 Å². The van der Waals surface area contributed by atoms with Crippen LogP contribution in [0.3, 0.4) is 0 Å². The predicted octanol–water partition coefficient (Wildman–Crippen LogP) is 2.57. The van der Waals surface area contributed by atoms with E-state index in [0.29, 0.717) is 4.47 Å². The number of benzene rings is 1. The Hall–Kier alpha value is -1.43. The molecule has 6 heteroatoms. The summed E-state index contributed by atoms with van der Waals surface area (Å²) in [5.74, 6) is -1.91. The van der Waals surface area contributed by atoms with Crippen molar-refractivity contribution in [1.29, 1.82) is 0 Å². The number of nitrogens with one attached hydrogen (secondary N) is 1. The maximum atomic E-state index is 12.9. The number of carboxylic acids is 1. The second-order valence-electron chi connectivity index (χ2n) is 4.53. The molecule has 4 nitrogen and oxygen atoms in total. The Bertz CT molecular complexity index is 488. The zero-order valence-corrected chi connectivity index (χ0v) is 11.5. The molecule has 0 saturated heterocycles. The molecule has 0 bridgehead atoms. The molecule has 1 aromatic carbocycles. The minimum Gasteiger partial charge on any atom is -0.481 e. The van der Waals surface area contributed by atoms with Gasteiger partial charge in [-0.1, -0.05) is 0 Å². The van der Waals surface area contributed by atoms with E-state index in [9.17, 15) is 14.0 Å². The molecular weight excluding hydrogens is 305 g/mol. The molecule has 0 atom stereocenters. The summed E-state index contributed by atoms with van der Waals surface area (Å²) in [6.45, 7) is 3.22. The van der Waals surface area contributed by atoms with Gasteiger partial charge in [-0.05, 0) is 48.0 Å². The minimum absolute atomic E-state index is 0.197. The highest BCUT2D eigenvalue weighted by Gasteiger charge is 2.25. The van der Waals surface area contributed by atoms with Crippen LogP contribution < -0.4 is 5.32 Å². The molecular formula is C12H13BrFNO3. The molecule has 0 fully saturated rings. The monoisotopic (exact) mass is 317 g/mol. The topological polar surface area (TPSA) is 66.4 Å². The number of carboxylic acid groups (broad SMARTS) is 1. The summed E-state index contributed by atoms with van der Waals surface area (Å²) in [5.41, 5.74) is -0.619. The van der Waals surface area contributed by atoms with Crippen LogP contribution in [0.25, 0.3) is 0 Å². The molecule has 0 saturated carbocycles. The molecule has 0 heterocycles. The Balaban J connectivity index is 2.85. The van der Waals surface area contributed by atoms with Gasteiger partial charge in [0.1, 0.15) is 5.82 Å². The highest BCUT2D eigenvalue weighted by molar-refractivity contribution is 9.10. The van der Waals surface area contributed by atoms with Crippen LogP contribution in [0.2, 0.25) is 0 Å². The van der Waals surface area contributed by atoms with Gasteiger partial charge in [0.2, 0.25) is 0 Å². The zero-order valence-electron chi connectivity index (χ0n) is 9.96. The Kier molecular flexibility index (Phi) is 4.45. The fourth-order valence-corrected chi connectivity index (χ4v) is 2.00. The van der Waals surface area contributed by atoms with E-state index in [1.165, 1.54) is 18.2 Å². The van der Waals surface area contributed by atoms with Crippen LogP contribution in [0.1, 0.15) is 30.6 Å². The summed E-state index contributed by atoms with van der Waals surface area (Å²) in [7, 11) is 0. The normalized spacial score (nSPS) is 11.1. The molecule has 1 amide bonds. The van der Waals surface area contributed by atoms with Crippen molar-refractivity contribution in [2.24, 2.45) is 0 Å². The Morgan fingerprint density at radius 1 is 1.44 bits per heavy atom. The lowest BCUT2D eigenvalue weighted by Gasteiger charge is -2.24. The average Bonchev–Trinajstić information content (AvgIpc) is 2.13. The number of hydrogen-bond acceptors (Lipinski definition) is 2. The van der Waals surface area contributed by atoms with Crippen LogP contribution in [0.4, 0.5) is 4.39 Å². The Labute approximate surface area is 112 Å². The second kappa shape index (κ2) is 5.48. The van der Waals surface area contributed by atoms with Crippen molar-refractivity contribution in [3.05, 3.63) is 34.1 Å². The largest absolute Gasteiger partial charge is 0.481 e. The summed E-state index contributed by atoms with van der Waals surface area (Å²) in [4.78, 5) is 22.6. The van der Waals surface area contributed by atoms with Gasteiger partial charge in [0, 0.05) is 10.0 Å². The van der Waals surface area contributed by atoms with Gasteiger partial charge in [0.25, 0.3) is 5.91 Å². The molecule has 98 valence electrons. The average molecular weight is 318 g/mol. The van der Waals surface area contributed by atoms with Crippen LogP contribution >= 0.6 is 15.9 Å². The van der Waals surface area contributed by atoms with Crippen molar-refractivity contribution in [2.45, 2.75) is 25.8 Å². The first-order valence-corrected chi connectivity index (χ1v) is 6.00. The number of carbonyl (C=O) groups excluding carboxylic acids is 1. The number of halogens is 2. The van der Waals surface area contributed by atoms with E-state index in [-0.39, 0.29) is 12.0 Å². The fourth-order valence-electron chi connectivity index (χ4n) is 1.47. The molecule has 0 aliphatic heterocycles. The lowest BCUT2D eigenvalue weighted by atomic mass is 10.00. The standard InChI is InChI=1S/C12H13BrFNO3/c1-12(2,6-10(16)17)15-11(18)8-4-3-7(14)5-9(8)13/h3-5H,6H2,1-2H3,(H,15,18)(H,16,17). The van der Waals surface area contributed by atoms with E-state index in [1.807, 2.05) is 0 Å². The van der Waals surface area contributed by atoms with Gasteiger partial charge in [0.15, 0.2) is 0 Å². The Morgan fingerprint density at radius 2 is 2.06 bits per heavy atom. The molecule has 18 heavy (non-hydrogen) atoms. The maximum Gasteiger partial charge on any atom is 0.305 e. The third kappa shape index (κ3) is 4.10. The van der Waals surface area contributed by atoms with Crippen LogP contribution in [0.15, 0.2) is 22.7 Å². The number of amides is 1. The highest BCUT2D eigenvalue weighted by atomic mass is 79.9. The number of rotatable bonds is 4. The van der Waals surface area contributed by atoms with Crippen molar-refractivity contribution in [3.63, 3.8) is 0 Å². The maximum absolute atomic E-state index is 12.9. The molecule has 1 rings (SSSR count). The number of aliphatic carboxylic acids is 1. The van der Waals surface area contributed by atoms with Crippen LogP contribution in [0.5, 0.6) is 0 Å². The molecule has 0 aliphatic rings. The molecule has 0 unspecified atom stereocenters. The van der Waals surface area contributed by atoms with Crippen LogP contribution in [-0.2, 0) is 4.79 Å². The lowest BCUT2D eigenvalue weighted by molar-refractivity contribution is -0.138. The van der Waals surface area contributed by atoms with Gasteiger partial charge in [0.05, 0.1) is 12.0 Å². The van der Waals surface area contributed by atoms with E-state index in [1.54, 1.807) is 13.8 Å². The van der Waals surface area contributed by atoms with Crippen LogP contribution in [-0.4, -0.2) is 22.5 Å². The number of carbonyl (C=O) groups is 2. The van der Waals surface area contributed by atoms with E-state index in [4.69, 9.17) is 5.11 Å². The smallest absolute Gasteiger partial charge is 0.305 e. The summed E-state index contributed by atoms with van der Waals surface area (Å²) in [6.07, 6.45) is -0.197. The van der Waals surface area contributed by atoms with Gasteiger partial charge in [-0.15, -0.1) is 0 Å². The van der Waals surface area contributed by atoms with Gasteiger partial charge in [-0.3, -0.25) is 9.59 Å². The zero-order chi connectivity index (χ0) is 13.9. The molecule has 0 spiro atoms. The lowest BCUT2D eigenvalue weighted by Crippen LogP contribution is -2.45. The number of hydrogen-bond donors (Lipinski definition) is 2. The van der Waals surface area contributed by atoms with Gasteiger partial charge in [-0.25, -0.2) is 4.39 Å². The summed E-state index contributed by atoms with van der Waals surface area (Å²) >= 11 is 3.09. The predicted molar refractivity (Wildman–Crippen MR) is 67.9 cm³/mol. The van der Waals surface area contributed by atoms with Gasteiger partial charge < -0.3 is 10.4 Å². The van der Waals surface area contributed by atoms with Crippen molar-refractivity contribution in [1.82, 2.24) is 5.32 Å². The first-order valence-electron chi connectivity index (χ1n) is 5.20.